The van der Waals surface area contributed by atoms with Crippen molar-refractivity contribution in [1.29, 1.82) is 0 Å². The Morgan fingerprint density at radius 2 is 1.76 bits per heavy atom. The molecule has 0 radical (unpaired) electrons. The molecule has 1 heterocycles. The molecule has 0 saturated carbocycles. The number of hydrazone groups is 1. The Balaban J connectivity index is 1.29. The molecule has 1 amide bonds. The number of aromatic nitrogens is 3. The van der Waals surface area contributed by atoms with Crippen LogP contribution in [-0.2, 0) is 11.4 Å². The van der Waals surface area contributed by atoms with Gasteiger partial charge in [-0.05, 0) is 48.9 Å². The third-order valence-corrected chi connectivity index (χ3v) is 6.04. The van der Waals surface area contributed by atoms with Gasteiger partial charge in [0.15, 0.2) is 5.78 Å². The lowest BCUT2D eigenvalue weighted by molar-refractivity contribution is -0.113. The Labute approximate surface area is 217 Å². The molecule has 0 saturated heterocycles. The van der Waals surface area contributed by atoms with E-state index in [1.54, 1.807) is 30.5 Å². The van der Waals surface area contributed by atoms with E-state index in [0.29, 0.717) is 28.8 Å². The molecule has 4 N–H and O–H groups in total. The van der Waals surface area contributed by atoms with E-state index in [2.05, 4.69) is 26.0 Å². The summed E-state index contributed by atoms with van der Waals surface area (Å²) in [6.45, 7) is 1.93. The quantitative estimate of drug-likeness (QED) is 0.0898. The van der Waals surface area contributed by atoms with Gasteiger partial charge in [0.25, 0.3) is 5.95 Å². The maximum Gasteiger partial charge on any atom is 0.264 e. The predicted molar refractivity (Wildman–Crippen MR) is 144 cm³/mol. The smallest absolute Gasteiger partial charge is 0.264 e. The van der Waals surface area contributed by atoms with Crippen molar-refractivity contribution in [2.24, 2.45) is 5.10 Å². The highest BCUT2D eigenvalue weighted by Crippen LogP contribution is 2.19. The van der Waals surface area contributed by atoms with Crippen molar-refractivity contribution in [2.75, 3.05) is 22.3 Å². The molecule has 0 aliphatic rings. The fraction of sp³-hybridized carbons (Fsp3) is 0.115. The van der Waals surface area contributed by atoms with Gasteiger partial charge in [-0.1, -0.05) is 54.2 Å². The molecule has 188 valence electrons. The molecule has 0 spiro atoms. The van der Waals surface area contributed by atoms with E-state index in [-0.39, 0.29) is 23.4 Å². The lowest BCUT2D eigenvalue weighted by atomic mass is 10.1. The number of benzene rings is 3. The molecular formula is C26H25N7O3S. The van der Waals surface area contributed by atoms with E-state index in [1.807, 2.05) is 54.6 Å². The molecular weight excluding hydrogens is 490 g/mol. The summed E-state index contributed by atoms with van der Waals surface area (Å²) in [6.07, 6.45) is 1.60. The van der Waals surface area contributed by atoms with Crippen LogP contribution in [0.2, 0.25) is 0 Å². The molecule has 4 aromatic rings. The van der Waals surface area contributed by atoms with E-state index in [0.717, 1.165) is 22.9 Å². The van der Waals surface area contributed by atoms with Crippen molar-refractivity contribution in [3.63, 3.8) is 0 Å². The standard InChI is InChI=1S/C26H25N7O3S/c1-18(34)20-11-13-22(14-12-20)29-24(35)17-37-26-32-31-25(33(26)27)30-28-15-21-9-5-6-10-23(21)36-16-19-7-3-2-4-8-19/h2-15H,16-17,27H2,1H3,(H,29,35)(H,30,31)/b28-15+. The van der Waals surface area contributed by atoms with Crippen LogP contribution in [0.25, 0.3) is 0 Å². The normalized spacial score (nSPS) is 10.8. The van der Waals surface area contributed by atoms with Crippen molar-refractivity contribution < 1.29 is 14.3 Å². The minimum absolute atomic E-state index is 0.0370. The number of hydrogen-bond donors (Lipinski definition) is 3. The van der Waals surface area contributed by atoms with E-state index >= 15 is 0 Å². The Hall–Kier alpha value is -4.64. The highest BCUT2D eigenvalue weighted by molar-refractivity contribution is 7.99. The summed E-state index contributed by atoms with van der Waals surface area (Å²) < 4.78 is 7.15. The number of ketones is 1. The number of hydrogen-bond acceptors (Lipinski definition) is 9. The van der Waals surface area contributed by atoms with Crippen LogP contribution in [0, 0.1) is 0 Å². The Bertz CT molecular complexity index is 1390. The minimum atomic E-state index is -0.247. The lowest BCUT2D eigenvalue weighted by Gasteiger charge is -2.09. The number of thioether (sulfide) groups is 1. The van der Waals surface area contributed by atoms with Crippen LogP contribution in [-0.4, -0.2) is 38.5 Å². The number of carbonyl (C=O) groups excluding carboxylic acids is 2. The molecule has 11 heteroatoms. The van der Waals surface area contributed by atoms with Gasteiger partial charge in [0.2, 0.25) is 11.1 Å². The van der Waals surface area contributed by atoms with Gasteiger partial charge in [-0.15, -0.1) is 10.2 Å². The first-order valence-electron chi connectivity index (χ1n) is 11.3. The van der Waals surface area contributed by atoms with Crippen LogP contribution < -0.4 is 21.3 Å². The minimum Gasteiger partial charge on any atom is -0.488 e. The summed E-state index contributed by atoms with van der Waals surface area (Å²) in [7, 11) is 0. The van der Waals surface area contributed by atoms with Crippen LogP contribution >= 0.6 is 11.8 Å². The summed E-state index contributed by atoms with van der Waals surface area (Å²) in [6, 6.07) is 24.1. The number of para-hydroxylation sites is 1. The highest BCUT2D eigenvalue weighted by atomic mass is 32.2. The molecule has 0 atom stereocenters. The number of nitrogens with two attached hydrogens (primary N) is 1. The van der Waals surface area contributed by atoms with Crippen molar-refractivity contribution in [3.8, 4) is 5.75 Å². The van der Waals surface area contributed by atoms with Crippen molar-refractivity contribution in [3.05, 3.63) is 95.6 Å². The number of amides is 1. The number of nitrogen functional groups attached to an aromatic ring is 1. The number of nitrogens with one attached hydrogen (secondary N) is 2. The van der Waals surface area contributed by atoms with E-state index < -0.39 is 0 Å². The van der Waals surface area contributed by atoms with E-state index in [1.165, 1.54) is 11.6 Å². The molecule has 0 fully saturated rings. The van der Waals surface area contributed by atoms with Crippen LogP contribution in [0.5, 0.6) is 5.75 Å². The highest BCUT2D eigenvalue weighted by Gasteiger charge is 2.12. The molecule has 0 bridgehead atoms. The largest absolute Gasteiger partial charge is 0.488 e. The van der Waals surface area contributed by atoms with Crippen LogP contribution in [0.4, 0.5) is 11.6 Å². The number of Topliss-reactive ketones (excluding diaryl/α,β-unsaturated/α-hetero) is 1. The topological polar surface area (TPSA) is 137 Å². The molecule has 4 rings (SSSR count). The van der Waals surface area contributed by atoms with Gasteiger partial charge >= 0.3 is 0 Å². The molecule has 0 unspecified atom stereocenters. The van der Waals surface area contributed by atoms with Gasteiger partial charge in [-0.25, -0.2) is 10.1 Å². The monoisotopic (exact) mass is 515 g/mol. The molecule has 37 heavy (non-hydrogen) atoms. The molecule has 10 nitrogen and oxygen atoms in total. The summed E-state index contributed by atoms with van der Waals surface area (Å²) in [5.74, 6) is 6.73. The van der Waals surface area contributed by atoms with Crippen molar-refractivity contribution in [1.82, 2.24) is 14.9 Å². The summed E-state index contributed by atoms with van der Waals surface area (Å²) in [5.41, 5.74) is 5.77. The zero-order valence-corrected chi connectivity index (χ0v) is 20.8. The third-order valence-electron chi connectivity index (χ3n) is 5.10. The second kappa shape index (κ2) is 12.4. The van der Waals surface area contributed by atoms with Crippen LogP contribution in [0.3, 0.4) is 0 Å². The average Bonchev–Trinajstić information content (AvgIpc) is 3.26. The first kappa shape index (κ1) is 25.5. The molecule has 0 aliphatic heterocycles. The Morgan fingerprint density at radius 1 is 1.03 bits per heavy atom. The van der Waals surface area contributed by atoms with Gasteiger partial charge in [0.1, 0.15) is 12.4 Å². The molecule has 1 aromatic heterocycles. The molecule has 3 aromatic carbocycles. The number of anilines is 2. The van der Waals surface area contributed by atoms with Crippen molar-refractivity contribution in [2.45, 2.75) is 18.7 Å². The average molecular weight is 516 g/mol. The molecule has 0 aliphatic carbocycles. The Kier molecular flexibility index (Phi) is 8.50. The van der Waals surface area contributed by atoms with Gasteiger partial charge in [0.05, 0.1) is 12.0 Å². The zero-order chi connectivity index (χ0) is 26.0. The number of rotatable bonds is 11. The zero-order valence-electron chi connectivity index (χ0n) is 20.0. The summed E-state index contributed by atoms with van der Waals surface area (Å²) in [4.78, 5) is 23.6. The van der Waals surface area contributed by atoms with Gasteiger partial charge in [-0.3, -0.25) is 9.59 Å². The lowest BCUT2D eigenvalue weighted by Crippen LogP contribution is -2.17. The Morgan fingerprint density at radius 3 is 2.51 bits per heavy atom. The van der Waals surface area contributed by atoms with Gasteiger partial charge < -0.3 is 15.9 Å². The first-order chi connectivity index (χ1) is 18.0. The second-order valence-corrected chi connectivity index (χ2v) is 8.77. The number of carbonyl (C=O) groups is 2. The second-order valence-electron chi connectivity index (χ2n) is 7.83. The third kappa shape index (κ3) is 7.18. The summed E-state index contributed by atoms with van der Waals surface area (Å²) in [5, 5.41) is 15.3. The number of nitrogens with zero attached hydrogens (tertiary/aromatic N) is 4. The van der Waals surface area contributed by atoms with Crippen molar-refractivity contribution >= 4 is 41.3 Å². The SMILES string of the molecule is CC(=O)c1ccc(NC(=O)CSc2nnc(N/N=C/c3ccccc3OCc3ccccc3)n2N)cc1. The van der Waals surface area contributed by atoms with Gasteiger partial charge in [-0.2, -0.15) is 5.10 Å². The van der Waals surface area contributed by atoms with E-state index in [9.17, 15) is 9.59 Å². The van der Waals surface area contributed by atoms with Crippen LogP contribution in [0.15, 0.2) is 89.1 Å². The summed E-state index contributed by atoms with van der Waals surface area (Å²) >= 11 is 1.13. The first-order valence-corrected chi connectivity index (χ1v) is 12.3. The maximum atomic E-state index is 12.3. The van der Waals surface area contributed by atoms with Gasteiger partial charge in [0, 0.05) is 16.8 Å². The fourth-order valence-corrected chi connectivity index (χ4v) is 3.84. The number of ether oxygens (including phenoxy) is 1. The van der Waals surface area contributed by atoms with E-state index in [4.69, 9.17) is 10.6 Å². The maximum absolute atomic E-state index is 12.3. The fourth-order valence-electron chi connectivity index (χ4n) is 3.18. The van der Waals surface area contributed by atoms with Crippen LogP contribution in [0.1, 0.15) is 28.4 Å². The predicted octanol–water partition coefficient (Wildman–Crippen LogP) is 3.95.